The van der Waals surface area contributed by atoms with Crippen molar-refractivity contribution in [1.29, 1.82) is 0 Å². The molecule has 0 fully saturated rings. The van der Waals surface area contributed by atoms with Crippen LogP contribution in [0, 0.1) is 23.6 Å². The van der Waals surface area contributed by atoms with Crippen molar-refractivity contribution in [2.75, 3.05) is 46.3 Å². The Morgan fingerprint density at radius 1 is 1.16 bits per heavy atom. The fourth-order valence-electron chi connectivity index (χ4n) is 4.55. The number of halogens is 1. The third kappa shape index (κ3) is 7.53. The number of methoxy groups -OCH3 is 2. The molecule has 0 saturated carbocycles. The van der Waals surface area contributed by atoms with Gasteiger partial charge in [0.1, 0.15) is 17.5 Å². The molecule has 2 aromatic carbocycles. The van der Waals surface area contributed by atoms with Gasteiger partial charge in [-0.15, -0.1) is 0 Å². The summed E-state index contributed by atoms with van der Waals surface area (Å²) in [6, 6.07) is 11.5. The van der Waals surface area contributed by atoms with Crippen LogP contribution in [0.2, 0.25) is 0 Å². The van der Waals surface area contributed by atoms with Gasteiger partial charge in [-0.05, 0) is 55.5 Å². The Morgan fingerprint density at radius 2 is 1.86 bits per heavy atom. The second-order valence-corrected chi connectivity index (χ2v) is 10.3. The summed E-state index contributed by atoms with van der Waals surface area (Å²) in [4.78, 5) is 34.1. The predicted octanol–water partition coefficient (Wildman–Crippen LogP) is 4.02. The maximum absolute atomic E-state index is 13.7. The molecule has 3 aromatic rings. The van der Waals surface area contributed by atoms with Crippen molar-refractivity contribution in [3.63, 3.8) is 0 Å². The zero-order valence-corrected chi connectivity index (χ0v) is 24.8. The number of urea groups is 1. The van der Waals surface area contributed by atoms with E-state index in [0.29, 0.717) is 28.3 Å². The number of anilines is 1. The van der Waals surface area contributed by atoms with Crippen LogP contribution in [0.3, 0.4) is 0 Å². The quantitative estimate of drug-likeness (QED) is 0.400. The van der Waals surface area contributed by atoms with Crippen LogP contribution in [-0.4, -0.2) is 84.9 Å². The SMILES string of the molecule is COc1ccc(C#Cc2cnc3c(c2)C(=O)N(C(C)CO)C[C@H](C)[C@H](CN(C)C(=O)Nc2ccc(F)cc2)O3)cc1OC. The molecule has 1 aliphatic rings. The first-order chi connectivity index (χ1) is 20.6. The van der Waals surface area contributed by atoms with Gasteiger partial charge < -0.3 is 34.4 Å². The summed E-state index contributed by atoms with van der Waals surface area (Å²) in [5.41, 5.74) is 1.82. The molecular formula is C32H35FN4O6. The lowest BCUT2D eigenvalue weighted by atomic mass is 10.00. The number of rotatable bonds is 7. The van der Waals surface area contributed by atoms with Gasteiger partial charge in [0.05, 0.1) is 33.4 Å². The Morgan fingerprint density at radius 3 is 2.53 bits per heavy atom. The van der Waals surface area contributed by atoms with Crippen molar-refractivity contribution in [1.82, 2.24) is 14.8 Å². The molecule has 0 bridgehead atoms. The Kier molecular flexibility index (Phi) is 10.1. The lowest BCUT2D eigenvalue weighted by Crippen LogP contribution is -2.50. The monoisotopic (exact) mass is 590 g/mol. The Balaban J connectivity index is 1.61. The summed E-state index contributed by atoms with van der Waals surface area (Å²) in [5.74, 6) is 6.36. The largest absolute Gasteiger partial charge is 0.493 e. The zero-order valence-electron chi connectivity index (χ0n) is 24.8. The number of carbonyl (C=O) groups is 2. The zero-order chi connectivity index (χ0) is 31.1. The second-order valence-electron chi connectivity index (χ2n) is 10.3. The van der Waals surface area contributed by atoms with Crippen LogP contribution in [0.25, 0.3) is 0 Å². The number of ether oxygens (including phenoxy) is 3. The van der Waals surface area contributed by atoms with Crippen molar-refractivity contribution < 1.29 is 33.3 Å². The van der Waals surface area contributed by atoms with E-state index < -0.39 is 24.0 Å². The number of aliphatic hydroxyl groups excluding tert-OH is 1. The molecule has 0 radical (unpaired) electrons. The number of carbonyl (C=O) groups excluding carboxylic acids is 2. The lowest BCUT2D eigenvalue weighted by molar-refractivity contribution is 0.0356. The van der Waals surface area contributed by atoms with Crippen LogP contribution in [-0.2, 0) is 0 Å². The highest BCUT2D eigenvalue weighted by molar-refractivity contribution is 5.97. The number of likely N-dealkylation sites (N-methyl/N-ethyl adjacent to an activating group) is 1. The lowest BCUT2D eigenvalue weighted by Gasteiger charge is -2.37. The summed E-state index contributed by atoms with van der Waals surface area (Å²) in [6.45, 7) is 3.89. The fourth-order valence-corrected chi connectivity index (χ4v) is 4.55. The average Bonchev–Trinajstić information content (AvgIpc) is 3.02. The van der Waals surface area contributed by atoms with Crippen LogP contribution in [0.1, 0.15) is 35.3 Å². The molecule has 10 nitrogen and oxygen atoms in total. The number of fused-ring (bicyclic) bond motifs is 1. The van der Waals surface area contributed by atoms with Crippen molar-refractivity contribution in [2.45, 2.75) is 26.0 Å². The van der Waals surface area contributed by atoms with E-state index in [9.17, 15) is 19.1 Å². The normalized spacial score (nSPS) is 16.8. The van der Waals surface area contributed by atoms with Gasteiger partial charge in [0.2, 0.25) is 5.88 Å². The number of benzene rings is 2. The summed E-state index contributed by atoms with van der Waals surface area (Å²) >= 11 is 0. The molecule has 2 heterocycles. The van der Waals surface area contributed by atoms with Gasteiger partial charge in [0.25, 0.3) is 5.91 Å². The van der Waals surface area contributed by atoms with Gasteiger partial charge in [-0.3, -0.25) is 4.79 Å². The van der Waals surface area contributed by atoms with E-state index in [1.807, 2.05) is 6.92 Å². The Labute approximate surface area is 250 Å². The van der Waals surface area contributed by atoms with Crippen LogP contribution < -0.4 is 19.5 Å². The molecule has 1 aliphatic heterocycles. The number of hydrogen-bond donors (Lipinski definition) is 2. The number of nitrogens with zero attached hydrogens (tertiary/aromatic N) is 3. The number of nitrogens with one attached hydrogen (secondary N) is 1. The van der Waals surface area contributed by atoms with E-state index in [2.05, 4.69) is 22.1 Å². The van der Waals surface area contributed by atoms with E-state index in [-0.39, 0.29) is 43.0 Å². The van der Waals surface area contributed by atoms with Gasteiger partial charge >= 0.3 is 6.03 Å². The maximum atomic E-state index is 13.7. The molecule has 2 N–H and O–H groups in total. The van der Waals surface area contributed by atoms with Gasteiger partial charge in [0.15, 0.2) is 11.5 Å². The molecular weight excluding hydrogens is 555 g/mol. The molecule has 4 rings (SSSR count). The highest BCUT2D eigenvalue weighted by Crippen LogP contribution is 2.29. The average molecular weight is 591 g/mol. The highest BCUT2D eigenvalue weighted by atomic mass is 19.1. The second kappa shape index (κ2) is 13.9. The van der Waals surface area contributed by atoms with Crippen LogP contribution >= 0.6 is 0 Å². The van der Waals surface area contributed by atoms with Crippen LogP contribution in [0.5, 0.6) is 17.4 Å². The minimum absolute atomic E-state index is 0.112. The van der Waals surface area contributed by atoms with E-state index in [1.165, 1.54) is 35.4 Å². The molecule has 1 aromatic heterocycles. The molecule has 0 aliphatic carbocycles. The topological polar surface area (TPSA) is 113 Å². The summed E-state index contributed by atoms with van der Waals surface area (Å²) in [7, 11) is 4.72. The standard InChI is InChI=1S/C32H35FN4O6/c1-20-17-37(21(2)19-38)31(39)26-14-23(7-6-22-8-13-27(41-4)28(15-22)42-5)16-34-30(26)43-29(20)18-36(3)32(40)35-25-11-9-24(33)10-12-25/h8-16,20-21,29,38H,17-19H2,1-5H3,(H,35,40)/t20-,21?,29-/m0/s1. The third-order valence-corrected chi connectivity index (χ3v) is 7.15. The molecule has 43 heavy (non-hydrogen) atoms. The van der Waals surface area contributed by atoms with Gasteiger partial charge in [-0.2, -0.15) is 0 Å². The highest BCUT2D eigenvalue weighted by Gasteiger charge is 2.34. The van der Waals surface area contributed by atoms with Crippen molar-refractivity contribution in [3.05, 3.63) is 77.2 Å². The first-order valence-corrected chi connectivity index (χ1v) is 13.7. The van der Waals surface area contributed by atoms with Gasteiger partial charge in [-0.25, -0.2) is 14.2 Å². The first kappa shape index (κ1) is 31.1. The number of aliphatic hydroxyl groups is 1. The predicted molar refractivity (Wildman–Crippen MR) is 159 cm³/mol. The number of hydrogen-bond acceptors (Lipinski definition) is 7. The summed E-state index contributed by atoms with van der Waals surface area (Å²) in [5, 5.41) is 12.7. The van der Waals surface area contributed by atoms with E-state index in [1.54, 1.807) is 57.4 Å². The minimum Gasteiger partial charge on any atom is -0.493 e. The van der Waals surface area contributed by atoms with Crippen molar-refractivity contribution in [3.8, 4) is 29.2 Å². The van der Waals surface area contributed by atoms with Crippen molar-refractivity contribution >= 4 is 17.6 Å². The maximum Gasteiger partial charge on any atom is 0.321 e. The number of amides is 3. The molecule has 1 unspecified atom stereocenters. The van der Waals surface area contributed by atoms with Gasteiger partial charge in [-0.1, -0.05) is 18.8 Å². The molecule has 0 spiro atoms. The van der Waals surface area contributed by atoms with Crippen molar-refractivity contribution in [2.24, 2.45) is 5.92 Å². The third-order valence-electron chi connectivity index (χ3n) is 7.15. The molecule has 3 atom stereocenters. The molecule has 3 amide bonds. The minimum atomic E-state index is -0.541. The smallest absolute Gasteiger partial charge is 0.321 e. The van der Waals surface area contributed by atoms with Crippen LogP contribution in [0.4, 0.5) is 14.9 Å². The number of pyridine rings is 1. The Bertz CT molecular complexity index is 1520. The molecule has 0 saturated heterocycles. The number of aromatic nitrogens is 1. The van der Waals surface area contributed by atoms with Gasteiger partial charge in [0, 0.05) is 42.5 Å². The Hall–Kier alpha value is -4.82. The summed E-state index contributed by atoms with van der Waals surface area (Å²) < 4.78 is 30.2. The molecule has 226 valence electrons. The van der Waals surface area contributed by atoms with E-state index in [4.69, 9.17) is 14.2 Å². The first-order valence-electron chi connectivity index (χ1n) is 13.7. The van der Waals surface area contributed by atoms with E-state index >= 15 is 0 Å². The van der Waals surface area contributed by atoms with Crippen LogP contribution in [0.15, 0.2) is 54.7 Å². The van der Waals surface area contributed by atoms with E-state index in [0.717, 1.165) is 0 Å². The molecule has 11 heteroatoms. The fraction of sp³-hybridized carbons (Fsp3) is 0.344. The summed E-state index contributed by atoms with van der Waals surface area (Å²) in [6.07, 6.45) is 0.981.